The summed E-state index contributed by atoms with van der Waals surface area (Å²) < 4.78 is 45.0. The van der Waals surface area contributed by atoms with Crippen LogP contribution in [0, 0.1) is 6.92 Å². The quantitative estimate of drug-likeness (QED) is 0.307. The molecule has 2 N–H and O–H groups in total. The summed E-state index contributed by atoms with van der Waals surface area (Å²) in [7, 11) is 1.92. The molecule has 1 fully saturated rings. The molecule has 37 heavy (non-hydrogen) atoms. The highest BCUT2D eigenvalue weighted by molar-refractivity contribution is 5.87. The lowest BCUT2D eigenvalue weighted by molar-refractivity contribution is -0.137. The zero-order valence-electron chi connectivity index (χ0n) is 21.4. The molecular formula is C28H33F3N6. The summed E-state index contributed by atoms with van der Waals surface area (Å²) in [6.07, 6.45) is -1.55. The van der Waals surface area contributed by atoms with Gasteiger partial charge in [-0.2, -0.15) is 23.4 Å². The summed E-state index contributed by atoms with van der Waals surface area (Å²) >= 11 is 0. The highest BCUT2D eigenvalue weighted by atomic mass is 19.4. The Morgan fingerprint density at radius 2 is 1.84 bits per heavy atom. The van der Waals surface area contributed by atoms with Crippen LogP contribution in [0.1, 0.15) is 55.1 Å². The van der Waals surface area contributed by atoms with Gasteiger partial charge in [0.2, 0.25) is 0 Å². The fraction of sp³-hybridized carbons (Fsp3) is 0.429. The maximum atomic E-state index is 13.7. The van der Waals surface area contributed by atoms with E-state index in [1.54, 1.807) is 12.1 Å². The van der Waals surface area contributed by atoms with Crippen molar-refractivity contribution in [3.8, 4) is 11.1 Å². The van der Waals surface area contributed by atoms with Gasteiger partial charge in [0.25, 0.3) is 0 Å². The van der Waals surface area contributed by atoms with E-state index in [0.29, 0.717) is 11.5 Å². The van der Waals surface area contributed by atoms with Crippen LogP contribution in [0.5, 0.6) is 0 Å². The molecule has 0 radical (unpaired) electrons. The van der Waals surface area contributed by atoms with Crippen molar-refractivity contribution in [2.75, 3.05) is 25.0 Å². The molecule has 6 nitrogen and oxygen atoms in total. The molecule has 4 aromatic rings. The van der Waals surface area contributed by atoms with E-state index in [4.69, 9.17) is 5.10 Å². The minimum atomic E-state index is -4.42. The maximum Gasteiger partial charge on any atom is 0.417 e. The SMILES string of the molecule is Cc1cc(NCCC(C)n2nc3cc(-c4ccccc4C(F)(F)F)ccc3c2C2CCNCC2)n(C)n1. The first-order chi connectivity index (χ1) is 17.7. The number of benzene rings is 2. The van der Waals surface area contributed by atoms with Gasteiger partial charge in [-0.15, -0.1) is 0 Å². The lowest BCUT2D eigenvalue weighted by Gasteiger charge is -2.26. The average Bonchev–Trinajstić information content (AvgIpc) is 3.42. The molecule has 0 saturated carbocycles. The Bertz CT molecular complexity index is 1380. The van der Waals surface area contributed by atoms with Crippen molar-refractivity contribution < 1.29 is 13.2 Å². The van der Waals surface area contributed by atoms with E-state index < -0.39 is 11.7 Å². The molecule has 0 aliphatic carbocycles. The van der Waals surface area contributed by atoms with Gasteiger partial charge in [0.05, 0.1) is 22.8 Å². The van der Waals surface area contributed by atoms with Crippen LogP contribution in [0.25, 0.3) is 22.0 Å². The zero-order valence-corrected chi connectivity index (χ0v) is 21.4. The van der Waals surface area contributed by atoms with Gasteiger partial charge in [-0.1, -0.05) is 30.3 Å². The van der Waals surface area contributed by atoms with Gasteiger partial charge in [-0.3, -0.25) is 9.36 Å². The largest absolute Gasteiger partial charge is 0.417 e. The van der Waals surface area contributed by atoms with Gasteiger partial charge < -0.3 is 10.6 Å². The van der Waals surface area contributed by atoms with Crippen LogP contribution in [0.3, 0.4) is 0 Å². The number of hydrogen-bond donors (Lipinski definition) is 2. The first kappa shape index (κ1) is 25.3. The predicted molar refractivity (Wildman–Crippen MR) is 141 cm³/mol. The van der Waals surface area contributed by atoms with Crippen LogP contribution in [0.2, 0.25) is 0 Å². The van der Waals surface area contributed by atoms with Crippen molar-refractivity contribution in [2.45, 2.75) is 51.2 Å². The first-order valence-electron chi connectivity index (χ1n) is 12.9. The van der Waals surface area contributed by atoms with Crippen molar-refractivity contribution >= 4 is 16.7 Å². The minimum absolute atomic E-state index is 0.116. The monoisotopic (exact) mass is 510 g/mol. The highest BCUT2D eigenvalue weighted by Gasteiger charge is 2.33. The molecule has 0 spiro atoms. The minimum Gasteiger partial charge on any atom is -0.370 e. The van der Waals surface area contributed by atoms with Gasteiger partial charge >= 0.3 is 6.18 Å². The van der Waals surface area contributed by atoms with E-state index in [1.165, 1.54) is 17.8 Å². The van der Waals surface area contributed by atoms with Gasteiger partial charge in [-0.25, -0.2) is 0 Å². The van der Waals surface area contributed by atoms with Gasteiger partial charge in [0.1, 0.15) is 5.82 Å². The number of piperidine rings is 1. The molecule has 196 valence electrons. The van der Waals surface area contributed by atoms with Crippen LogP contribution in [-0.2, 0) is 13.2 Å². The molecule has 0 bridgehead atoms. The van der Waals surface area contributed by atoms with Crippen molar-refractivity contribution in [1.29, 1.82) is 0 Å². The van der Waals surface area contributed by atoms with Gasteiger partial charge in [-0.05, 0) is 69.5 Å². The second kappa shape index (κ2) is 10.2. The van der Waals surface area contributed by atoms with Crippen LogP contribution < -0.4 is 10.6 Å². The van der Waals surface area contributed by atoms with Crippen LogP contribution >= 0.6 is 0 Å². The summed E-state index contributed by atoms with van der Waals surface area (Å²) in [6, 6.07) is 13.5. The summed E-state index contributed by atoms with van der Waals surface area (Å²) in [6.45, 7) is 6.78. The molecule has 1 atom stereocenters. The van der Waals surface area contributed by atoms with Crippen molar-refractivity contribution in [1.82, 2.24) is 24.9 Å². The summed E-state index contributed by atoms with van der Waals surface area (Å²) in [5.41, 5.74) is 2.98. The normalized spacial score (nSPS) is 15.8. The second-order valence-corrected chi connectivity index (χ2v) is 9.99. The predicted octanol–water partition coefficient (Wildman–Crippen LogP) is 6.29. The number of alkyl halides is 3. The van der Waals surface area contributed by atoms with Crippen molar-refractivity contribution in [3.05, 3.63) is 65.5 Å². The van der Waals surface area contributed by atoms with E-state index >= 15 is 0 Å². The van der Waals surface area contributed by atoms with E-state index in [1.807, 2.05) is 36.9 Å². The Kier molecular flexibility index (Phi) is 6.98. The molecule has 1 aliphatic rings. The fourth-order valence-corrected chi connectivity index (χ4v) is 5.42. The molecule has 5 rings (SSSR count). The van der Waals surface area contributed by atoms with Crippen LogP contribution in [-0.4, -0.2) is 39.2 Å². The number of aryl methyl sites for hydroxylation is 2. The van der Waals surface area contributed by atoms with Crippen LogP contribution in [0.4, 0.5) is 19.0 Å². The number of fused-ring (bicyclic) bond motifs is 1. The molecule has 2 aromatic carbocycles. The summed E-state index contributed by atoms with van der Waals surface area (Å²) in [4.78, 5) is 0. The Balaban J connectivity index is 1.49. The second-order valence-electron chi connectivity index (χ2n) is 9.99. The average molecular weight is 511 g/mol. The van der Waals surface area contributed by atoms with E-state index in [2.05, 4.69) is 27.3 Å². The number of aromatic nitrogens is 4. The lowest BCUT2D eigenvalue weighted by atomic mass is 9.91. The summed E-state index contributed by atoms with van der Waals surface area (Å²) in [5, 5.41) is 17.3. The number of nitrogens with zero attached hydrogens (tertiary/aromatic N) is 4. The Morgan fingerprint density at radius 3 is 2.54 bits per heavy atom. The molecule has 1 aliphatic heterocycles. The third-order valence-electron chi connectivity index (χ3n) is 7.29. The third kappa shape index (κ3) is 5.23. The zero-order chi connectivity index (χ0) is 26.2. The van der Waals surface area contributed by atoms with E-state index in [-0.39, 0.29) is 11.6 Å². The highest BCUT2D eigenvalue weighted by Crippen LogP contribution is 2.39. The Morgan fingerprint density at radius 1 is 1.08 bits per heavy atom. The number of rotatable bonds is 7. The molecule has 3 heterocycles. The number of hydrogen-bond acceptors (Lipinski definition) is 4. The van der Waals surface area contributed by atoms with Crippen molar-refractivity contribution in [2.24, 2.45) is 7.05 Å². The van der Waals surface area contributed by atoms with Crippen LogP contribution in [0.15, 0.2) is 48.5 Å². The Labute approximate surface area is 214 Å². The smallest absolute Gasteiger partial charge is 0.370 e. The Hall–Kier alpha value is -3.33. The number of halogens is 3. The molecule has 9 heteroatoms. The van der Waals surface area contributed by atoms with E-state index in [0.717, 1.165) is 67.4 Å². The maximum absolute atomic E-state index is 13.7. The molecule has 1 saturated heterocycles. The molecule has 2 aromatic heterocycles. The van der Waals surface area contributed by atoms with E-state index in [9.17, 15) is 13.2 Å². The van der Waals surface area contributed by atoms with Gasteiger partial charge in [0, 0.05) is 36.7 Å². The topological polar surface area (TPSA) is 59.7 Å². The summed E-state index contributed by atoms with van der Waals surface area (Å²) in [5.74, 6) is 1.33. The number of anilines is 1. The standard InChI is InChI=1S/C28H33F3N6/c1-18-16-26(36(3)34-18)33-15-10-19(2)37-27(20-11-13-32-14-12-20)23-9-8-21(17-25(23)35-37)22-6-4-5-7-24(22)28(29,30)31/h4-9,16-17,19-20,32-33H,10-15H2,1-3H3. The molecule has 1 unspecified atom stereocenters. The lowest BCUT2D eigenvalue weighted by Crippen LogP contribution is -2.28. The molecular weight excluding hydrogens is 477 g/mol. The number of nitrogens with one attached hydrogen (secondary N) is 2. The first-order valence-corrected chi connectivity index (χ1v) is 12.9. The van der Waals surface area contributed by atoms with Gasteiger partial charge in [0.15, 0.2) is 0 Å². The fourth-order valence-electron chi connectivity index (χ4n) is 5.42. The van der Waals surface area contributed by atoms with Crippen molar-refractivity contribution in [3.63, 3.8) is 0 Å². The molecule has 0 amide bonds. The third-order valence-corrected chi connectivity index (χ3v) is 7.29.